The standard InChI is InChI=1S/C11H14N4S/c1-12-6-9-3-2-4-11(5-9)16-8-10-7-13-15-14-10/h2-5,7,12H,6,8H2,1H3,(H,13,14,15). The highest BCUT2D eigenvalue weighted by Crippen LogP contribution is 2.22. The van der Waals surface area contributed by atoms with E-state index in [1.807, 2.05) is 7.05 Å². The van der Waals surface area contributed by atoms with Gasteiger partial charge in [0.25, 0.3) is 0 Å². The number of aromatic nitrogens is 3. The van der Waals surface area contributed by atoms with E-state index in [4.69, 9.17) is 0 Å². The number of nitrogens with zero attached hydrogens (tertiary/aromatic N) is 2. The molecule has 0 unspecified atom stereocenters. The minimum absolute atomic E-state index is 0.847. The van der Waals surface area contributed by atoms with E-state index in [1.54, 1.807) is 18.0 Å². The van der Waals surface area contributed by atoms with E-state index in [1.165, 1.54) is 10.5 Å². The number of nitrogens with one attached hydrogen (secondary N) is 2. The summed E-state index contributed by atoms with van der Waals surface area (Å²) in [6.45, 7) is 0.901. The third kappa shape index (κ3) is 3.08. The van der Waals surface area contributed by atoms with Crippen molar-refractivity contribution in [3.63, 3.8) is 0 Å². The number of thioether (sulfide) groups is 1. The highest BCUT2D eigenvalue weighted by molar-refractivity contribution is 7.98. The number of hydrogen-bond acceptors (Lipinski definition) is 4. The largest absolute Gasteiger partial charge is 0.316 e. The van der Waals surface area contributed by atoms with Crippen LogP contribution >= 0.6 is 11.8 Å². The van der Waals surface area contributed by atoms with Crippen molar-refractivity contribution in [3.8, 4) is 0 Å². The van der Waals surface area contributed by atoms with Crippen LogP contribution in [0.4, 0.5) is 0 Å². The van der Waals surface area contributed by atoms with Crippen LogP contribution in [0, 0.1) is 0 Å². The molecule has 0 bridgehead atoms. The van der Waals surface area contributed by atoms with Gasteiger partial charge in [-0.15, -0.1) is 11.8 Å². The smallest absolute Gasteiger partial charge is 0.0927 e. The first-order chi connectivity index (χ1) is 7.88. The van der Waals surface area contributed by atoms with E-state index in [2.05, 4.69) is 45.0 Å². The van der Waals surface area contributed by atoms with Crippen molar-refractivity contribution in [3.05, 3.63) is 41.7 Å². The molecule has 5 heteroatoms. The Kier molecular flexibility index (Phi) is 3.96. The average molecular weight is 234 g/mol. The van der Waals surface area contributed by atoms with Crippen LogP contribution in [-0.2, 0) is 12.3 Å². The van der Waals surface area contributed by atoms with Crippen LogP contribution in [0.25, 0.3) is 0 Å². The van der Waals surface area contributed by atoms with Crippen LogP contribution in [-0.4, -0.2) is 22.5 Å². The molecule has 16 heavy (non-hydrogen) atoms. The lowest BCUT2D eigenvalue weighted by Crippen LogP contribution is -2.04. The molecule has 1 aromatic carbocycles. The maximum atomic E-state index is 4.02. The maximum absolute atomic E-state index is 4.02. The van der Waals surface area contributed by atoms with Crippen LogP contribution in [0.15, 0.2) is 35.4 Å². The molecule has 0 aliphatic carbocycles. The fraction of sp³-hybridized carbons (Fsp3) is 0.273. The van der Waals surface area contributed by atoms with Gasteiger partial charge in [-0.05, 0) is 24.7 Å². The van der Waals surface area contributed by atoms with Gasteiger partial charge in [0.1, 0.15) is 0 Å². The van der Waals surface area contributed by atoms with Gasteiger partial charge in [-0.25, -0.2) is 0 Å². The van der Waals surface area contributed by atoms with Crippen molar-refractivity contribution < 1.29 is 0 Å². The van der Waals surface area contributed by atoms with Crippen molar-refractivity contribution in [2.45, 2.75) is 17.2 Å². The molecule has 0 aliphatic rings. The first-order valence-electron chi connectivity index (χ1n) is 5.09. The van der Waals surface area contributed by atoms with Crippen molar-refractivity contribution in [1.82, 2.24) is 20.7 Å². The second-order valence-corrected chi connectivity index (χ2v) is 4.48. The topological polar surface area (TPSA) is 53.6 Å². The predicted octanol–water partition coefficient (Wildman–Crippen LogP) is 1.82. The van der Waals surface area contributed by atoms with Gasteiger partial charge >= 0.3 is 0 Å². The Balaban J connectivity index is 1.96. The Hall–Kier alpha value is -1.33. The molecule has 2 N–H and O–H groups in total. The van der Waals surface area contributed by atoms with Gasteiger partial charge in [-0.2, -0.15) is 15.4 Å². The Morgan fingerprint density at radius 3 is 3.12 bits per heavy atom. The van der Waals surface area contributed by atoms with Gasteiger partial charge in [0, 0.05) is 17.2 Å². The van der Waals surface area contributed by atoms with E-state index in [-0.39, 0.29) is 0 Å². The molecular weight excluding hydrogens is 220 g/mol. The number of aromatic amines is 1. The molecule has 0 spiro atoms. The zero-order chi connectivity index (χ0) is 11.2. The van der Waals surface area contributed by atoms with E-state index in [0.29, 0.717) is 0 Å². The first-order valence-corrected chi connectivity index (χ1v) is 6.08. The summed E-state index contributed by atoms with van der Waals surface area (Å²) in [5.74, 6) is 0.847. The maximum Gasteiger partial charge on any atom is 0.0927 e. The highest BCUT2D eigenvalue weighted by Gasteiger charge is 1.99. The van der Waals surface area contributed by atoms with E-state index in [9.17, 15) is 0 Å². The summed E-state index contributed by atoms with van der Waals surface area (Å²) >= 11 is 1.77. The van der Waals surface area contributed by atoms with Gasteiger partial charge in [-0.1, -0.05) is 12.1 Å². The third-order valence-electron chi connectivity index (χ3n) is 2.13. The average Bonchev–Trinajstić information content (AvgIpc) is 2.80. The van der Waals surface area contributed by atoms with Crippen molar-refractivity contribution in [2.75, 3.05) is 7.05 Å². The third-order valence-corrected chi connectivity index (χ3v) is 3.16. The molecule has 2 aromatic rings. The van der Waals surface area contributed by atoms with Crippen LogP contribution in [0.3, 0.4) is 0 Å². The van der Waals surface area contributed by atoms with Crippen LogP contribution < -0.4 is 5.32 Å². The summed E-state index contributed by atoms with van der Waals surface area (Å²) in [6.07, 6.45) is 1.75. The summed E-state index contributed by atoms with van der Waals surface area (Å²) in [7, 11) is 1.95. The fourth-order valence-corrected chi connectivity index (χ4v) is 2.26. The lowest BCUT2D eigenvalue weighted by molar-refractivity contribution is 0.815. The van der Waals surface area contributed by atoms with Gasteiger partial charge in [0.2, 0.25) is 0 Å². The highest BCUT2D eigenvalue weighted by atomic mass is 32.2. The molecule has 0 amide bonds. The Morgan fingerprint density at radius 1 is 1.44 bits per heavy atom. The SMILES string of the molecule is CNCc1cccc(SCc2cn[nH]n2)c1. The molecule has 0 fully saturated rings. The van der Waals surface area contributed by atoms with Crippen molar-refractivity contribution >= 4 is 11.8 Å². The second-order valence-electron chi connectivity index (χ2n) is 3.43. The van der Waals surface area contributed by atoms with Gasteiger partial charge < -0.3 is 5.32 Å². The summed E-state index contributed by atoms with van der Waals surface area (Å²) in [5, 5.41) is 13.6. The molecule has 84 valence electrons. The fourth-order valence-electron chi connectivity index (χ4n) is 1.40. The summed E-state index contributed by atoms with van der Waals surface area (Å²) in [5.41, 5.74) is 2.27. The normalized spacial score (nSPS) is 10.6. The number of benzene rings is 1. The molecule has 2 rings (SSSR count). The Morgan fingerprint density at radius 2 is 2.38 bits per heavy atom. The quantitative estimate of drug-likeness (QED) is 0.775. The lowest BCUT2D eigenvalue weighted by Gasteiger charge is -2.03. The molecular formula is C11H14N4S. The first kappa shape index (κ1) is 11.2. The number of hydrogen-bond donors (Lipinski definition) is 2. The molecule has 0 saturated heterocycles. The van der Waals surface area contributed by atoms with E-state index in [0.717, 1.165) is 18.0 Å². The molecule has 0 saturated carbocycles. The van der Waals surface area contributed by atoms with Gasteiger partial charge in [0.15, 0.2) is 0 Å². The monoisotopic (exact) mass is 234 g/mol. The summed E-state index contributed by atoms with van der Waals surface area (Å²) in [4.78, 5) is 1.26. The molecule has 1 heterocycles. The molecule has 0 atom stereocenters. The van der Waals surface area contributed by atoms with Gasteiger partial charge in [-0.3, -0.25) is 0 Å². The van der Waals surface area contributed by atoms with E-state index < -0.39 is 0 Å². The van der Waals surface area contributed by atoms with Crippen LogP contribution in [0.1, 0.15) is 11.3 Å². The van der Waals surface area contributed by atoms with Crippen LogP contribution in [0.5, 0.6) is 0 Å². The zero-order valence-corrected chi connectivity index (χ0v) is 9.92. The van der Waals surface area contributed by atoms with Crippen molar-refractivity contribution in [2.24, 2.45) is 0 Å². The summed E-state index contributed by atoms with van der Waals surface area (Å²) in [6, 6.07) is 8.51. The molecule has 1 aromatic heterocycles. The van der Waals surface area contributed by atoms with Crippen LogP contribution in [0.2, 0.25) is 0 Å². The lowest BCUT2D eigenvalue weighted by atomic mass is 10.2. The molecule has 4 nitrogen and oxygen atoms in total. The predicted molar refractivity (Wildman–Crippen MR) is 65.1 cm³/mol. The summed E-state index contributed by atoms with van der Waals surface area (Å²) < 4.78 is 0. The number of H-pyrrole nitrogens is 1. The molecule has 0 aliphatic heterocycles. The Bertz CT molecular complexity index is 427. The van der Waals surface area contributed by atoms with E-state index >= 15 is 0 Å². The minimum atomic E-state index is 0.847. The molecule has 0 radical (unpaired) electrons. The van der Waals surface area contributed by atoms with Crippen molar-refractivity contribution in [1.29, 1.82) is 0 Å². The Labute approximate surface area is 98.8 Å². The zero-order valence-electron chi connectivity index (χ0n) is 9.10. The van der Waals surface area contributed by atoms with Gasteiger partial charge in [0.05, 0.1) is 11.9 Å². The minimum Gasteiger partial charge on any atom is -0.316 e. The second kappa shape index (κ2) is 5.67. The number of rotatable bonds is 5.